The largest absolute Gasteiger partial charge is 0.337 e. The first-order valence-electron chi connectivity index (χ1n) is 9.20. The van der Waals surface area contributed by atoms with E-state index in [0.717, 1.165) is 35.4 Å². The van der Waals surface area contributed by atoms with Crippen molar-refractivity contribution < 1.29 is 4.79 Å². The van der Waals surface area contributed by atoms with Crippen LogP contribution in [0.2, 0.25) is 0 Å². The molecule has 0 aromatic carbocycles. The summed E-state index contributed by atoms with van der Waals surface area (Å²) in [6.45, 7) is 3.54. The zero-order chi connectivity index (χ0) is 18.4. The van der Waals surface area contributed by atoms with Gasteiger partial charge in [0.25, 0.3) is 0 Å². The molecule has 3 aromatic heterocycles. The van der Waals surface area contributed by atoms with Crippen LogP contribution in [-0.4, -0.2) is 37.4 Å². The summed E-state index contributed by atoms with van der Waals surface area (Å²) in [5.74, 6) is 1.13. The van der Waals surface area contributed by atoms with Gasteiger partial charge in [0.05, 0.1) is 10.1 Å². The van der Waals surface area contributed by atoms with Gasteiger partial charge in [-0.05, 0) is 54.6 Å². The monoisotopic (exact) mass is 416 g/mol. The maximum atomic E-state index is 13.0. The van der Waals surface area contributed by atoms with Crippen molar-refractivity contribution in [3.63, 3.8) is 0 Å². The maximum Gasteiger partial charge on any atom is 0.236 e. The lowest BCUT2D eigenvalue weighted by Crippen LogP contribution is -2.39. The Morgan fingerprint density at radius 1 is 1.26 bits per heavy atom. The van der Waals surface area contributed by atoms with Gasteiger partial charge in [-0.25, -0.2) is 0 Å². The molecule has 0 saturated heterocycles. The molecular formula is C19H20N4OS3. The molecule has 4 heterocycles. The predicted octanol–water partition coefficient (Wildman–Crippen LogP) is 4.47. The summed E-state index contributed by atoms with van der Waals surface area (Å²) in [4.78, 5) is 17.6. The number of hydrogen-bond acceptors (Lipinski definition) is 6. The summed E-state index contributed by atoms with van der Waals surface area (Å²) in [5.41, 5.74) is 1.30. The molecular weight excluding hydrogens is 396 g/mol. The first-order valence-corrected chi connectivity index (χ1v) is 11.8. The van der Waals surface area contributed by atoms with E-state index in [1.54, 1.807) is 34.4 Å². The second-order valence-electron chi connectivity index (χ2n) is 7.02. The fraction of sp³-hybridized carbons (Fsp3) is 0.421. The summed E-state index contributed by atoms with van der Waals surface area (Å²) < 4.78 is 2.24. The van der Waals surface area contributed by atoms with Crippen molar-refractivity contribution in [3.8, 4) is 10.7 Å². The van der Waals surface area contributed by atoms with Gasteiger partial charge in [-0.3, -0.25) is 9.36 Å². The molecule has 0 spiro atoms. The van der Waals surface area contributed by atoms with Crippen LogP contribution in [0.3, 0.4) is 0 Å². The van der Waals surface area contributed by atoms with E-state index >= 15 is 0 Å². The van der Waals surface area contributed by atoms with Gasteiger partial charge in [-0.2, -0.15) is 0 Å². The van der Waals surface area contributed by atoms with Gasteiger partial charge in [0.2, 0.25) is 5.91 Å². The van der Waals surface area contributed by atoms with Crippen LogP contribution in [0.25, 0.3) is 10.7 Å². The van der Waals surface area contributed by atoms with E-state index in [1.165, 1.54) is 23.3 Å². The Hall–Kier alpha value is -1.64. The van der Waals surface area contributed by atoms with Gasteiger partial charge in [0.1, 0.15) is 0 Å². The van der Waals surface area contributed by atoms with Crippen molar-refractivity contribution in [2.75, 3.05) is 6.54 Å². The number of thioether (sulfide) groups is 1. The minimum Gasteiger partial charge on any atom is -0.337 e. The molecule has 3 aromatic rings. The molecule has 1 saturated carbocycles. The Bertz CT molecular complexity index is 958. The van der Waals surface area contributed by atoms with Gasteiger partial charge in [-0.15, -0.1) is 32.9 Å². The number of amides is 1. The van der Waals surface area contributed by atoms with Crippen LogP contribution in [0.4, 0.5) is 0 Å². The molecule has 0 bridgehead atoms. The zero-order valence-electron chi connectivity index (χ0n) is 15.0. The molecule has 5 nitrogen and oxygen atoms in total. The van der Waals surface area contributed by atoms with E-state index in [9.17, 15) is 4.79 Å². The Balaban J connectivity index is 1.34. The molecule has 1 aliphatic carbocycles. The van der Waals surface area contributed by atoms with Gasteiger partial charge in [0.15, 0.2) is 11.0 Å². The number of carbonyl (C=O) groups excluding carboxylic acids is 1. The number of nitrogens with zero attached hydrogens (tertiary/aromatic N) is 4. The summed E-state index contributed by atoms with van der Waals surface area (Å²) in [7, 11) is 0. The van der Waals surface area contributed by atoms with E-state index in [-0.39, 0.29) is 11.2 Å². The van der Waals surface area contributed by atoms with E-state index in [4.69, 9.17) is 0 Å². The van der Waals surface area contributed by atoms with Crippen LogP contribution in [-0.2, 0) is 17.8 Å². The third-order valence-electron chi connectivity index (χ3n) is 5.07. The normalized spacial score (nSPS) is 17.7. The van der Waals surface area contributed by atoms with Crippen molar-refractivity contribution in [2.45, 2.75) is 49.2 Å². The molecule has 0 radical (unpaired) electrons. The van der Waals surface area contributed by atoms with Gasteiger partial charge >= 0.3 is 0 Å². The lowest BCUT2D eigenvalue weighted by Gasteiger charge is -2.29. The molecule has 1 amide bonds. The van der Waals surface area contributed by atoms with Crippen molar-refractivity contribution in [1.82, 2.24) is 19.7 Å². The van der Waals surface area contributed by atoms with Crippen molar-refractivity contribution >= 4 is 40.3 Å². The number of carbonyl (C=O) groups is 1. The van der Waals surface area contributed by atoms with Crippen molar-refractivity contribution in [2.24, 2.45) is 0 Å². The van der Waals surface area contributed by atoms with E-state index in [0.29, 0.717) is 6.04 Å². The number of fused-ring (bicyclic) bond motifs is 1. The Morgan fingerprint density at radius 2 is 2.15 bits per heavy atom. The number of hydrogen-bond donors (Lipinski definition) is 0. The van der Waals surface area contributed by atoms with Crippen LogP contribution in [0.15, 0.2) is 34.1 Å². The highest BCUT2D eigenvalue weighted by molar-refractivity contribution is 8.00. The first kappa shape index (κ1) is 17.5. The average Bonchev–Trinajstić information content (AvgIpc) is 3.09. The van der Waals surface area contributed by atoms with Crippen LogP contribution >= 0.6 is 34.4 Å². The lowest BCUT2D eigenvalue weighted by atomic mass is 10.1. The lowest BCUT2D eigenvalue weighted by molar-refractivity contribution is -0.131. The Morgan fingerprint density at radius 3 is 2.93 bits per heavy atom. The highest BCUT2D eigenvalue weighted by Crippen LogP contribution is 2.42. The Kier molecular flexibility index (Phi) is 4.57. The summed E-state index contributed by atoms with van der Waals surface area (Å²) in [5, 5.41) is 13.8. The highest BCUT2D eigenvalue weighted by Gasteiger charge is 2.33. The molecule has 1 atom stereocenters. The molecule has 2 aliphatic rings. The predicted molar refractivity (Wildman–Crippen MR) is 110 cm³/mol. The molecule has 1 aliphatic heterocycles. The second kappa shape index (κ2) is 7.07. The van der Waals surface area contributed by atoms with Crippen molar-refractivity contribution in [1.29, 1.82) is 0 Å². The molecule has 8 heteroatoms. The summed E-state index contributed by atoms with van der Waals surface area (Å²) >= 11 is 5.03. The second-order valence-corrected chi connectivity index (χ2v) is 10.3. The molecule has 27 heavy (non-hydrogen) atoms. The fourth-order valence-corrected chi connectivity index (χ4v) is 6.09. The van der Waals surface area contributed by atoms with Crippen LogP contribution in [0, 0.1) is 0 Å². The smallest absolute Gasteiger partial charge is 0.236 e. The van der Waals surface area contributed by atoms with Crippen molar-refractivity contribution in [3.05, 3.63) is 39.4 Å². The van der Waals surface area contributed by atoms with Gasteiger partial charge < -0.3 is 4.90 Å². The van der Waals surface area contributed by atoms with Crippen LogP contribution < -0.4 is 0 Å². The average molecular weight is 417 g/mol. The standard InChI is InChI=1S/C19H20N4OS3/c1-12(18(24)22-8-6-15-13(11-22)7-10-26-15)27-19-21-20-17(16-3-2-9-25-16)23(19)14-4-5-14/h2-3,7,9-10,12,14H,4-6,8,11H2,1H3. The highest BCUT2D eigenvalue weighted by atomic mass is 32.2. The zero-order valence-corrected chi connectivity index (χ0v) is 17.4. The molecule has 0 N–H and O–H groups in total. The third-order valence-corrected chi connectivity index (χ3v) is 8.00. The Labute approximate surface area is 170 Å². The van der Waals surface area contributed by atoms with Crippen LogP contribution in [0.5, 0.6) is 0 Å². The number of rotatable bonds is 5. The molecule has 5 rings (SSSR count). The molecule has 140 valence electrons. The van der Waals surface area contributed by atoms with E-state index < -0.39 is 0 Å². The van der Waals surface area contributed by atoms with E-state index in [1.807, 2.05) is 17.9 Å². The van der Waals surface area contributed by atoms with E-state index in [2.05, 4.69) is 37.7 Å². The number of thiophene rings is 2. The minimum absolute atomic E-state index is 0.164. The van der Waals surface area contributed by atoms with Crippen LogP contribution in [0.1, 0.15) is 36.2 Å². The van der Waals surface area contributed by atoms with Gasteiger partial charge in [0, 0.05) is 24.0 Å². The minimum atomic E-state index is -0.164. The maximum absolute atomic E-state index is 13.0. The molecule has 1 fully saturated rings. The summed E-state index contributed by atoms with van der Waals surface area (Å²) in [6.07, 6.45) is 3.30. The molecule has 1 unspecified atom stereocenters. The quantitative estimate of drug-likeness (QED) is 0.576. The summed E-state index contributed by atoms with van der Waals surface area (Å²) in [6, 6.07) is 6.75. The first-order chi connectivity index (χ1) is 13.2. The number of aromatic nitrogens is 3. The van der Waals surface area contributed by atoms with Gasteiger partial charge in [-0.1, -0.05) is 17.8 Å². The third kappa shape index (κ3) is 3.34. The SMILES string of the molecule is CC(Sc1nnc(-c2cccs2)n1C1CC1)C(=O)N1CCc2sccc2C1. The fourth-order valence-electron chi connectivity index (χ4n) is 3.50. The topological polar surface area (TPSA) is 51.0 Å².